The fraction of sp³-hybridized carbons (Fsp3) is 0.143. The van der Waals surface area contributed by atoms with Crippen LogP contribution in [-0.2, 0) is 0 Å². The number of nitrogens with one attached hydrogen (secondary N) is 1. The van der Waals surface area contributed by atoms with Crippen molar-refractivity contribution in [2.75, 3.05) is 12.4 Å². The summed E-state index contributed by atoms with van der Waals surface area (Å²) >= 11 is 1.96. The van der Waals surface area contributed by atoms with E-state index in [1.54, 1.807) is 12.1 Å². The van der Waals surface area contributed by atoms with Crippen LogP contribution in [0.15, 0.2) is 18.2 Å². The van der Waals surface area contributed by atoms with Gasteiger partial charge in [-0.2, -0.15) is 0 Å². The van der Waals surface area contributed by atoms with Gasteiger partial charge in [-0.3, -0.25) is 0 Å². The van der Waals surface area contributed by atoms with E-state index < -0.39 is 0 Å². The molecule has 0 saturated heterocycles. The molecule has 0 aliphatic heterocycles. The van der Waals surface area contributed by atoms with Crippen LogP contribution in [0.1, 0.15) is 0 Å². The molecular weight excluding hydrogens is 244 g/mol. The van der Waals surface area contributed by atoms with E-state index in [9.17, 15) is 4.39 Å². The molecule has 10 heavy (non-hydrogen) atoms. The van der Waals surface area contributed by atoms with Crippen molar-refractivity contribution in [2.45, 2.75) is 0 Å². The van der Waals surface area contributed by atoms with Gasteiger partial charge in [0.2, 0.25) is 0 Å². The molecule has 0 fully saturated rings. The van der Waals surface area contributed by atoms with Gasteiger partial charge in [0.1, 0.15) is 5.82 Å². The molecule has 1 N–H and O–H groups in total. The normalized spacial score (nSPS) is 9.50. The highest BCUT2D eigenvalue weighted by atomic mass is 127. The average Bonchev–Trinajstić information content (AvgIpc) is 1.95. The Morgan fingerprint density at radius 2 is 2.20 bits per heavy atom. The van der Waals surface area contributed by atoms with Crippen LogP contribution >= 0.6 is 22.6 Å². The number of rotatable bonds is 1. The summed E-state index contributed by atoms with van der Waals surface area (Å²) in [5.74, 6) is -0.167. The Morgan fingerprint density at radius 1 is 1.50 bits per heavy atom. The molecule has 0 unspecified atom stereocenters. The molecule has 3 heteroatoms. The summed E-state index contributed by atoms with van der Waals surface area (Å²) < 4.78 is 13.2. The summed E-state index contributed by atoms with van der Waals surface area (Å²) in [4.78, 5) is 0. The van der Waals surface area contributed by atoms with Crippen molar-refractivity contribution < 1.29 is 4.39 Å². The molecule has 0 spiro atoms. The van der Waals surface area contributed by atoms with Gasteiger partial charge < -0.3 is 5.32 Å². The number of benzene rings is 1. The lowest BCUT2D eigenvalue weighted by Crippen LogP contribution is -1.89. The Morgan fingerprint density at radius 3 is 2.70 bits per heavy atom. The molecule has 1 rings (SSSR count). The van der Waals surface area contributed by atoms with Gasteiger partial charge in [0, 0.05) is 12.7 Å². The van der Waals surface area contributed by atoms with Crippen LogP contribution in [0, 0.1) is 9.39 Å². The summed E-state index contributed by atoms with van der Waals surface area (Å²) in [6.45, 7) is 0. The van der Waals surface area contributed by atoms with Crippen LogP contribution in [0.25, 0.3) is 0 Å². The first-order valence-electron chi connectivity index (χ1n) is 2.87. The minimum atomic E-state index is -0.167. The first-order valence-corrected chi connectivity index (χ1v) is 3.94. The maximum Gasteiger partial charge on any atom is 0.136 e. The second kappa shape index (κ2) is 3.18. The van der Waals surface area contributed by atoms with E-state index in [4.69, 9.17) is 0 Å². The van der Waals surface area contributed by atoms with Gasteiger partial charge in [0.05, 0.1) is 3.57 Å². The van der Waals surface area contributed by atoms with Crippen LogP contribution in [0.2, 0.25) is 0 Å². The summed E-state index contributed by atoms with van der Waals surface area (Å²) in [5.41, 5.74) is 0.936. The number of anilines is 1. The zero-order valence-corrected chi connectivity index (χ0v) is 7.65. The van der Waals surface area contributed by atoms with Gasteiger partial charge in [0.25, 0.3) is 0 Å². The van der Waals surface area contributed by atoms with Crippen LogP contribution in [0.3, 0.4) is 0 Å². The Kier molecular flexibility index (Phi) is 2.48. The van der Waals surface area contributed by atoms with Crippen LogP contribution in [0.5, 0.6) is 0 Å². The molecular formula is C7H7FIN. The Bertz CT molecular complexity index is 237. The molecule has 0 heterocycles. The molecule has 0 bridgehead atoms. The summed E-state index contributed by atoms with van der Waals surface area (Å²) in [7, 11) is 1.81. The van der Waals surface area contributed by atoms with Gasteiger partial charge in [-0.1, -0.05) is 0 Å². The third-order valence-electron chi connectivity index (χ3n) is 1.21. The molecule has 0 aliphatic carbocycles. The molecule has 1 nitrogen and oxygen atoms in total. The Labute approximate surface area is 72.8 Å². The van der Waals surface area contributed by atoms with E-state index in [2.05, 4.69) is 5.32 Å². The highest BCUT2D eigenvalue weighted by Gasteiger charge is 1.96. The van der Waals surface area contributed by atoms with Crippen molar-refractivity contribution in [3.63, 3.8) is 0 Å². The monoisotopic (exact) mass is 251 g/mol. The standard InChI is InChI=1S/C7H7FIN/c1-10-5-2-3-6(8)7(9)4-5/h2-4,10H,1H3. The summed E-state index contributed by atoms with van der Waals surface area (Å²) in [5, 5.41) is 2.92. The first-order chi connectivity index (χ1) is 4.74. The lowest BCUT2D eigenvalue weighted by Gasteiger charge is -1.99. The molecule has 0 aromatic heterocycles. The second-order valence-corrected chi connectivity index (χ2v) is 3.04. The SMILES string of the molecule is CNc1ccc(F)c(I)c1. The molecule has 54 valence electrons. The highest BCUT2D eigenvalue weighted by molar-refractivity contribution is 14.1. The molecule has 0 aliphatic rings. The third-order valence-corrected chi connectivity index (χ3v) is 2.03. The average molecular weight is 251 g/mol. The number of hydrogen-bond donors (Lipinski definition) is 1. The van der Waals surface area contributed by atoms with Crippen molar-refractivity contribution in [1.82, 2.24) is 0 Å². The predicted octanol–water partition coefficient (Wildman–Crippen LogP) is 2.47. The Hall–Kier alpha value is -0.320. The van der Waals surface area contributed by atoms with E-state index in [0.717, 1.165) is 5.69 Å². The first kappa shape index (κ1) is 7.78. The predicted molar refractivity (Wildman–Crippen MR) is 48.7 cm³/mol. The molecule has 1 aromatic rings. The van der Waals surface area contributed by atoms with Crippen molar-refractivity contribution in [1.29, 1.82) is 0 Å². The van der Waals surface area contributed by atoms with Crippen molar-refractivity contribution in [2.24, 2.45) is 0 Å². The maximum atomic E-state index is 12.6. The topological polar surface area (TPSA) is 12.0 Å². The van der Waals surface area contributed by atoms with Crippen molar-refractivity contribution in [3.05, 3.63) is 27.6 Å². The number of halogens is 2. The van der Waals surface area contributed by atoms with E-state index in [1.807, 2.05) is 29.6 Å². The van der Waals surface area contributed by atoms with Gasteiger partial charge in [-0.05, 0) is 40.8 Å². The van der Waals surface area contributed by atoms with E-state index in [1.165, 1.54) is 6.07 Å². The van der Waals surface area contributed by atoms with Crippen LogP contribution in [0.4, 0.5) is 10.1 Å². The second-order valence-electron chi connectivity index (χ2n) is 1.88. The van der Waals surface area contributed by atoms with Gasteiger partial charge in [0.15, 0.2) is 0 Å². The van der Waals surface area contributed by atoms with Crippen molar-refractivity contribution in [3.8, 4) is 0 Å². The quantitative estimate of drug-likeness (QED) is 0.756. The minimum absolute atomic E-state index is 0.167. The smallest absolute Gasteiger partial charge is 0.136 e. The number of hydrogen-bond acceptors (Lipinski definition) is 1. The molecule has 1 aromatic carbocycles. The maximum absolute atomic E-state index is 12.6. The molecule has 0 atom stereocenters. The molecule has 0 saturated carbocycles. The molecule has 0 radical (unpaired) electrons. The summed E-state index contributed by atoms with van der Waals surface area (Å²) in [6.07, 6.45) is 0. The van der Waals surface area contributed by atoms with E-state index >= 15 is 0 Å². The molecule has 0 amide bonds. The van der Waals surface area contributed by atoms with Crippen molar-refractivity contribution >= 4 is 28.3 Å². The van der Waals surface area contributed by atoms with Gasteiger partial charge >= 0.3 is 0 Å². The fourth-order valence-electron chi connectivity index (χ4n) is 0.652. The van der Waals surface area contributed by atoms with E-state index in [0.29, 0.717) is 3.57 Å². The van der Waals surface area contributed by atoms with Crippen LogP contribution < -0.4 is 5.32 Å². The van der Waals surface area contributed by atoms with E-state index in [-0.39, 0.29) is 5.82 Å². The highest BCUT2D eigenvalue weighted by Crippen LogP contribution is 2.15. The van der Waals surface area contributed by atoms with Crippen LogP contribution in [-0.4, -0.2) is 7.05 Å². The third kappa shape index (κ3) is 1.59. The minimum Gasteiger partial charge on any atom is -0.388 e. The summed E-state index contributed by atoms with van der Waals surface area (Å²) in [6, 6.07) is 4.92. The largest absolute Gasteiger partial charge is 0.388 e. The lowest BCUT2D eigenvalue weighted by atomic mass is 10.3. The Balaban J connectivity index is 3.04. The van der Waals surface area contributed by atoms with Gasteiger partial charge in [-0.25, -0.2) is 4.39 Å². The fourth-order valence-corrected chi connectivity index (χ4v) is 1.17. The zero-order chi connectivity index (χ0) is 7.56. The zero-order valence-electron chi connectivity index (χ0n) is 5.49. The van der Waals surface area contributed by atoms with Gasteiger partial charge in [-0.15, -0.1) is 0 Å². The lowest BCUT2D eigenvalue weighted by molar-refractivity contribution is 0.620.